The third-order valence-electron chi connectivity index (χ3n) is 2.82. The van der Waals surface area contributed by atoms with E-state index in [1.807, 2.05) is 6.92 Å². The van der Waals surface area contributed by atoms with Crippen LogP contribution in [-0.2, 0) is 10.0 Å². The van der Waals surface area contributed by atoms with Crippen LogP contribution < -0.4 is 4.72 Å². The van der Waals surface area contributed by atoms with E-state index in [4.69, 9.17) is 5.11 Å². The zero-order chi connectivity index (χ0) is 14.3. The van der Waals surface area contributed by atoms with E-state index in [-0.39, 0.29) is 6.61 Å². The highest BCUT2D eigenvalue weighted by Gasteiger charge is 2.13. The third-order valence-corrected chi connectivity index (χ3v) is 5.17. The molecule has 0 saturated heterocycles. The second kappa shape index (κ2) is 7.99. The van der Waals surface area contributed by atoms with Gasteiger partial charge in [0.1, 0.15) is 0 Å². The molecule has 4 nitrogen and oxygen atoms in total. The molecule has 19 heavy (non-hydrogen) atoms. The summed E-state index contributed by atoms with van der Waals surface area (Å²) in [6.07, 6.45) is 3.41. The van der Waals surface area contributed by atoms with Crippen molar-refractivity contribution in [3.05, 3.63) is 28.2 Å². The second-order valence-electron chi connectivity index (χ2n) is 4.45. The van der Waals surface area contributed by atoms with Crippen molar-refractivity contribution in [3.8, 4) is 0 Å². The van der Waals surface area contributed by atoms with Crippen LogP contribution in [0, 0.1) is 6.92 Å². The lowest BCUT2D eigenvalue weighted by atomic mass is 10.2. The standard InChI is InChI=1S/C13H20BrNO3S/c1-11-10-12(6-7-13(11)14)19(17,18)15-8-4-2-3-5-9-16/h6-7,10,15-16H,2-5,8-9H2,1H3. The van der Waals surface area contributed by atoms with Gasteiger partial charge in [0.05, 0.1) is 4.90 Å². The Kier molecular flexibility index (Phi) is 6.99. The summed E-state index contributed by atoms with van der Waals surface area (Å²) >= 11 is 3.35. The van der Waals surface area contributed by atoms with Crippen LogP contribution in [0.4, 0.5) is 0 Å². The quantitative estimate of drug-likeness (QED) is 0.709. The van der Waals surface area contributed by atoms with E-state index in [2.05, 4.69) is 20.7 Å². The van der Waals surface area contributed by atoms with Crippen molar-refractivity contribution in [1.29, 1.82) is 0 Å². The lowest BCUT2D eigenvalue weighted by Crippen LogP contribution is -2.24. The van der Waals surface area contributed by atoms with Crippen molar-refractivity contribution in [2.45, 2.75) is 37.5 Å². The Hall–Kier alpha value is -0.430. The zero-order valence-electron chi connectivity index (χ0n) is 11.0. The third kappa shape index (κ3) is 5.60. The van der Waals surface area contributed by atoms with Crippen molar-refractivity contribution >= 4 is 26.0 Å². The maximum atomic E-state index is 12.0. The van der Waals surface area contributed by atoms with E-state index in [0.29, 0.717) is 11.4 Å². The molecule has 6 heteroatoms. The summed E-state index contributed by atoms with van der Waals surface area (Å²) < 4.78 is 27.5. The SMILES string of the molecule is Cc1cc(S(=O)(=O)NCCCCCCO)ccc1Br. The molecule has 0 heterocycles. The summed E-state index contributed by atoms with van der Waals surface area (Å²) in [6.45, 7) is 2.49. The zero-order valence-corrected chi connectivity index (χ0v) is 13.4. The summed E-state index contributed by atoms with van der Waals surface area (Å²) in [7, 11) is -3.41. The molecule has 0 aliphatic heterocycles. The molecule has 1 rings (SSSR count). The lowest BCUT2D eigenvalue weighted by molar-refractivity contribution is 0.282. The largest absolute Gasteiger partial charge is 0.396 e. The van der Waals surface area contributed by atoms with Crippen LogP contribution in [0.1, 0.15) is 31.2 Å². The number of hydrogen-bond acceptors (Lipinski definition) is 3. The second-order valence-corrected chi connectivity index (χ2v) is 7.07. The lowest BCUT2D eigenvalue weighted by Gasteiger charge is -2.08. The molecule has 0 amide bonds. The fraction of sp³-hybridized carbons (Fsp3) is 0.538. The number of aliphatic hydroxyl groups is 1. The minimum absolute atomic E-state index is 0.198. The molecule has 1 aromatic rings. The van der Waals surface area contributed by atoms with Gasteiger partial charge in [0.15, 0.2) is 0 Å². The molecule has 0 bridgehead atoms. The van der Waals surface area contributed by atoms with E-state index < -0.39 is 10.0 Å². The normalized spacial score (nSPS) is 11.7. The van der Waals surface area contributed by atoms with Crippen molar-refractivity contribution in [2.75, 3.05) is 13.2 Å². The number of sulfonamides is 1. The van der Waals surface area contributed by atoms with E-state index in [9.17, 15) is 8.42 Å². The molecule has 2 N–H and O–H groups in total. The highest BCUT2D eigenvalue weighted by atomic mass is 79.9. The van der Waals surface area contributed by atoms with Gasteiger partial charge in [-0.05, 0) is 43.5 Å². The maximum Gasteiger partial charge on any atom is 0.240 e. The fourth-order valence-electron chi connectivity index (χ4n) is 1.66. The Morgan fingerprint density at radius 1 is 1.21 bits per heavy atom. The van der Waals surface area contributed by atoms with Crippen molar-refractivity contribution in [3.63, 3.8) is 0 Å². The van der Waals surface area contributed by atoms with Gasteiger partial charge in [-0.1, -0.05) is 28.8 Å². The predicted molar refractivity (Wildman–Crippen MR) is 79.6 cm³/mol. The monoisotopic (exact) mass is 349 g/mol. The Labute approximate surface area is 123 Å². The van der Waals surface area contributed by atoms with E-state index >= 15 is 0 Å². The van der Waals surface area contributed by atoms with Crippen LogP contribution in [0.3, 0.4) is 0 Å². The summed E-state index contributed by atoms with van der Waals surface area (Å²) in [5, 5.41) is 8.63. The van der Waals surface area contributed by atoms with E-state index in [0.717, 1.165) is 35.7 Å². The predicted octanol–water partition coefficient (Wildman–Crippen LogP) is 2.59. The van der Waals surface area contributed by atoms with Crippen LogP contribution in [0.25, 0.3) is 0 Å². The molecule has 108 valence electrons. The van der Waals surface area contributed by atoms with Gasteiger partial charge in [-0.2, -0.15) is 0 Å². The first-order valence-electron chi connectivity index (χ1n) is 6.34. The number of hydrogen-bond donors (Lipinski definition) is 2. The van der Waals surface area contributed by atoms with E-state index in [1.165, 1.54) is 0 Å². The average Bonchev–Trinajstić information content (AvgIpc) is 2.36. The molecule has 0 fully saturated rings. The van der Waals surface area contributed by atoms with Crippen LogP contribution >= 0.6 is 15.9 Å². The van der Waals surface area contributed by atoms with Gasteiger partial charge in [-0.3, -0.25) is 0 Å². The van der Waals surface area contributed by atoms with Crippen LogP contribution in [0.15, 0.2) is 27.6 Å². The number of benzene rings is 1. The molecule has 0 aliphatic rings. The number of unbranched alkanes of at least 4 members (excludes halogenated alkanes) is 3. The van der Waals surface area contributed by atoms with Crippen molar-refractivity contribution in [2.24, 2.45) is 0 Å². The Morgan fingerprint density at radius 3 is 2.53 bits per heavy atom. The van der Waals surface area contributed by atoms with Gasteiger partial charge in [0, 0.05) is 17.6 Å². The first kappa shape index (κ1) is 16.6. The molecule has 0 unspecified atom stereocenters. The molecular formula is C13H20BrNO3S. The molecule has 0 atom stereocenters. The Balaban J connectivity index is 2.49. The van der Waals surface area contributed by atoms with Crippen molar-refractivity contribution < 1.29 is 13.5 Å². The Morgan fingerprint density at radius 2 is 1.89 bits per heavy atom. The highest BCUT2D eigenvalue weighted by molar-refractivity contribution is 9.10. The first-order chi connectivity index (χ1) is 8.97. The number of rotatable bonds is 8. The molecule has 0 aliphatic carbocycles. The minimum Gasteiger partial charge on any atom is -0.396 e. The van der Waals surface area contributed by atoms with Gasteiger partial charge in [0.2, 0.25) is 10.0 Å². The fourth-order valence-corrected chi connectivity index (χ4v) is 3.07. The smallest absolute Gasteiger partial charge is 0.240 e. The van der Waals surface area contributed by atoms with Gasteiger partial charge in [-0.15, -0.1) is 0 Å². The number of halogens is 1. The Bertz CT molecular complexity index is 503. The molecule has 0 spiro atoms. The number of aliphatic hydroxyl groups excluding tert-OH is 1. The summed E-state index contributed by atoms with van der Waals surface area (Å²) in [5.74, 6) is 0. The summed E-state index contributed by atoms with van der Waals surface area (Å²) in [5.41, 5.74) is 0.894. The average molecular weight is 350 g/mol. The molecule has 0 radical (unpaired) electrons. The first-order valence-corrected chi connectivity index (χ1v) is 8.61. The maximum absolute atomic E-state index is 12.0. The summed E-state index contributed by atoms with van der Waals surface area (Å²) in [4.78, 5) is 0.295. The van der Waals surface area contributed by atoms with Gasteiger partial charge in [-0.25, -0.2) is 13.1 Å². The highest BCUT2D eigenvalue weighted by Crippen LogP contribution is 2.19. The van der Waals surface area contributed by atoms with Crippen molar-refractivity contribution in [1.82, 2.24) is 4.72 Å². The van der Waals surface area contributed by atoms with Crippen LogP contribution in [0.5, 0.6) is 0 Å². The molecular weight excluding hydrogens is 330 g/mol. The van der Waals surface area contributed by atoms with Gasteiger partial charge >= 0.3 is 0 Å². The van der Waals surface area contributed by atoms with E-state index in [1.54, 1.807) is 18.2 Å². The number of nitrogens with one attached hydrogen (secondary N) is 1. The topological polar surface area (TPSA) is 66.4 Å². The van der Waals surface area contributed by atoms with Gasteiger partial charge in [0.25, 0.3) is 0 Å². The molecule has 0 aromatic heterocycles. The van der Waals surface area contributed by atoms with Gasteiger partial charge < -0.3 is 5.11 Å². The minimum atomic E-state index is -3.41. The van der Waals surface area contributed by atoms with Crippen LogP contribution in [-0.4, -0.2) is 26.7 Å². The van der Waals surface area contributed by atoms with Crippen LogP contribution in [0.2, 0.25) is 0 Å². The molecule has 0 saturated carbocycles. The summed E-state index contributed by atoms with van der Waals surface area (Å²) in [6, 6.07) is 4.98. The molecule has 1 aromatic carbocycles. The number of aryl methyl sites for hydroxylation is 1.